The number of hydrogen-bond donors (Lipinski definition) is 1. The molecule has 0 bridgehead atoms. The molecule has 0 heterocycles. The van der Waals surface area contributed by atoms with Gasteiger partial charge >= 0.3 is 5.97 Å². The first-order valence-electron chi connectivity index (χ1n) is 8.63. The Balaban J connectivity index is 2.95. The predicted molar refractivity (Wildman–Crippen MR) is 97.1 cm³/mol. The quantitative estimate of drug-likeness (QED) is 0.513. The normalized spacial score (nSPS) is 13.0. The lowest BCUT2D eigenvalue weighted by Gasteiger charge is -2.27. The third kappa shape index (κ3) is 5.74. The van der Waals surface area contributed by atoms with Gasteiger partial charge in [-0.15, -0.1) is 0 Å². The first-order chi connectivity index (χ1) is 11.9. The lowest BCUT2D eigenvalue weighted by Crippen LogP contribution is -2.42. The first-order valence-corrected chi connectivity index (χ1v) is 8.63. The number of carbonyl (C=O) groups excluding carboxylic acids is 2. The predicted octanol–water partition coefficient (Wildman–Crippen LogP) is 3.80. The number of carbonyl (C=O) groups is 2. The van der Waals surface area contributed by atoms with Crippen LogP contribution in [0.4, 0.5) is 5.69 Å². The molecule has 0 aromatic heterocycles. The first kappa shape index (κ1) is 21.0. The molecule has 0 saturated heterocycles. The number of methoxy groups -OCH3 is 2. The maximum absolute atomic E-state index is 12.6. The third-order valence-corrected chi connectivity index (χ3v) is 4.14. The Bertz CT molecular complexity index is 587. The summed E-state index contributed by atoms with van der Waals surface area (Å²) in [6.45, 7) is 5.88. The molecular weight excluding hydrogens is 322 g/mol. The lowest BCUT2D eigenvalue weighted by molar-refractivity contribution is -0.136. The van der Waals surface area contributed by atoms with E-state index in [1.54, 1.807) is 32.0 Å². The van der Waals surface area contributed by atoms with E-state index in [1.807, 2.05) is 0 Å². The zero-order valence-corrected chi connectivity index (χ0v) is 15.8. The summed E-state index contributed by atoms with van der Waals surface area (Å²) in [5.74, 6) is -0.340. The summed E-state index contributed by atoms with van der Waals surface area (Å²) in [6, 6.07) is 4.86. The summed E-state index contributed by atoms with van der Waals surface area (Å²) in [6.07, 6.45) is 3.65. The Hall–Kier alpha value is -2.08. The van der Waals surface area contributed by atoms with E-state index in [2.05, 4.69) is 12.2 Å². The van der Waals surface area contributed by atoms with Crippen molar-refractivity contribution >= 4 is 17.6 Å². The second-order valence-electron chi connectivity index (χ2n) is 5.98. The minimum absolute atomic E-state index is 0.244. The Labute approximate surface area is 149 Å². The fraction of sp³-hybridized carbons (Fsp3) is 0.579. The van der Waals surface area contributed by atoms with Crippen LogP contribution in [0.3, 0.4) is 0 Å². The fourth-order valence-corrected chi connectivity index (χ4v) is 2.44. The van der Waals surface area contributed by atoms with Crippen molar-refractivity contribution in [3.8, 4) is 5.75 Å². The van der Waals surface area contributed by atoms with Gasteiger partial charge in [0, 0.05) is 12.8 Å². The fourth-order valence-electron chi connectivity index (χ4n) is 2.44. The number of esters is 1. The van der Waals surface area contributed by atoms with Crippen LogP contribution >= 0.6 is 0 Å². The van der Waals surface area contributed by atoms with Crippen LogP contribution in [0.25, 0.3) is 0 Å². The van der Waals surface area contributed by atoms with Crippen LogP contribution < -0.4 is 10.1 Å². The number of rotatable bonds is 10. The van der Waals surface area contributed by atoms with Gasteiger partial charge in [-0.05, 0) is 38.5 Å². The van der Waals surface area contributed by atoms with E-state index in [4.69, 9.17) is 14.2 Å². The molecule has 0 spiro atoms. The smallest absolute Gasteiger partial charge is 0.341 e. The molecule has 1 unspecified atom stereocenters. The van der Waals surface area contributed by atoms with Gasteiger partial charge in [0.05, 0.1) is 13.7 Å². The van der Waals surface area contributed by atoms with Gasteiger partial charge < -0.3 is 19.5 Å². The van der Waals surface area contributed by atoms with Crippen LogP contribution in [0.1, 0.15) is 56.8 Å². The number of anilines is 1. The van der Waals surface area contributed by atoms with Crippen molar-refractivity contribution < 1.29 is 23.8 Å². The topological polar surface area (TPSA) is 73.9 Å². The monoisotopic (exact) mass is 351 g/mol. The molecule has 0 radical (unpaired) electrons. The maximum Gasteiger partial charge on any atom is 0.341 e. The summed E-state index contributed by atoms with van der Waals surface area (Å²) < 4.78 is 15.7. The molecule has 140 valence electrons. The second kappa shape index (κ2) is 10.0. The molecule has 0 aliphatic carbocycles. The van der Waals surface area contributed by atoms with Crippen molar-refractivity contribution in [1.82, 2.24) is 0 Å². The van der Waals surface area contributed by atoms with Crippen molar-refractivity contribution in [3.63, 3.8) is 0 Å². The molecule has 0 aliphatic rings. The van der Waals surface area contributed by atoms with Crippen LogP contribution in [0.2, 0.25) is 0 Å². The Kier molecular flexibility index (Phi) is 8.41. The van der Waals surface area contributed by atoms with Crippen LogP contribution in [-0.2, 0) is 14.3 Å². The average molecular weight is 351 g/mol. The zero-order valence-electron chi connectivity index (χ0n) is 15.8. The second-order valence-corrected chi connectivity index (χ2v) is 5.98. The third-order valence-electron chi connectivity index (χ3n) is 4.14. The number of benzene rings is 1. The molecule has 1 aromatic rings. The SMILES string of the molecule is CCCCCC(C)(OC)C(=O)Nc1ccc(OC)c(C(=O)OCC)c1. The van der Waals surface area contributed by atoms with Gasteiger partial charge in [0.15, 0.2) is 0 Å². The summed E-state index contributed by atoms with van der Waals surface area (Å²) in [5.41, 5.74) is -0.154. The molecule has 1 N–H and O–H groups in total. The largest absolute Gasteiger partial charge is 0.496 e. The highest BCUT2D eigenvalue weighted by Crippen LogP contribution is 2.26. The van der Waals surface area contributed by atoms with E-state index < -0.39 is 11.6 Å². The molecule has 0 fully saturated rings. The van der Waals surface area contributed by atoms with Crippen molar-refractivity contribution in [2.24, 2.45) is 0 Å². The van der Waals surface area contributed by atoms with E-state index in [0.29, 0.717) is 17.9 Å². The standard InChI is InChI=1S/C19H29NO5/c1-6-8-9-12-19(3,24-5)18(22)20-14-10-11-16(23-4)15(13-14)17(21)25-7-2/h10-11,13H,6-9,12H2,1-5H3,(H,20,22). The molecule has 0 saturated carbocycles. The summed E-state index contributed by atoms with van der Waals surface area (Å²) in [5, 5.41) is 2.82. The van der Waals surface area contributed by atoms with Gasteiger partial charge in [0.2, 0.25) is 0 Å². The van der Waals surface area contributed by atoms with Crippen molar-refractivity contribution in [2.75, 3.05) is 26.1 Å². The molecule has 1 atom stereocenters. The van der Waals surface area contributed by atoms with Gasteiger partial charge in [-0.2, -0.15) is 0 Å². The molecule has 1 rings (SSSR count). The molecule has 6 nitrogen and oxygen atoms in total. The molecule has 6 heteroatoms. The van der Waals surface area contributed by atoms with Gasteiger partial charge in [0.25, 0.3) is 5.91 Å². The van der Waals surface area contributed by atoms with Crippen molar-refractivity contribution in [2.45, 2.75) is 52.1 Å². The van der Waals surface area contributed by atoms with Gasteiger partial charge in [-0.3, -0.25) is 4.79 Å². The molecule has 1 aromatic carbocycles. The van der Waals surface area contributed by atoms with Gasteiger partial charge in [0.1, 0.15) is 16.9 Å². The highest BCUT2D eigenvalue weighted by Gasteiger charge is 2.32. The van der Waals surface area contributed by atoms with Gasteiger partial charge in [-0.1, -0.05) is 26.2 Å². The molecule has 1 amide bonds. The molecule has 25 heavy (non-hydrogen) atoms. The lowest BCUT2D eigenvalue weighted by atomic mass is 9.96. The number of amides is 1. The minimum Gasteiger partial charge on any atom is -0.496 e. The number of hydrogen-bond acceptors (Lipinski definition) is 5. The van der Waals surface area contributed by atoms with E-state index in [9.17, 15) is 9.59 Å². The highest BCUT2D eigenvalue weighted by atomic mass is 16.5. The molecule has 0 aliphatic heterocycles. The van der Waals surface area contributed by atoms with Crippen molar-refractivity contribution in [3.05, 3.63) is 23.8 Å². The number of unbranched alkanes of at least 4 members (excludes halogenated alkanes) is 2. The Morgan fingerprint density at radius 3 is 2.44 bits per heavy atom. The highest BCUT2D eigenvalue weighted by molar-refractivity contribution is 5.99. The van der Waals surface area contributed by atoms with E-state index >= 15 is 0 Å². The van der Waals surface area contributed by atoms with Crippen LogP contribution in [-0.4, -0.2) is 38.3 Å². The Morgan fingerprint density at radius 1 is 1.16 bits per heavy atom. The summed E-state index contributed by atoms with van der Waals surface area (Å²) in [4.78, 5) is 24.7. The average Bonchev–Trinajstić information content (AvgIpc) is 2.61. The van der Waals surface area contributed by atoms with Crippen LogP contribution in [0.5, 0.6) is 5.75 Å². The van der Waals surface area contributed by atoms with Gasteiger partial charge in [-0.25, -0.2) is 4.79 Å². The van der Waals surface area contributed by atoms with E-state index in [0.717, 1.165) is 19.3 Å². The summed E-state index contributed by atoms with van der Waals surface area (Å²) >= 11 is 0. The minimum atomic E-state index is -0.917. The number of ether oxygens (including phenoxy) is 3. The number of nitrogens with one attached hydrogen (secondary N) is 1. The maximum atomic E-state index is 12.6. The Morgan fingerprint density at radius 2 is 1.88 bits per heavy atom. The van der Waals surface area contributed by atoms with E-state index in [1.165, 1.54) is 14.2 Å². The van der Waals surface area contributed by atoms with Crippen LogP contribution in [0.15, 0.2) is 18.2 Å². The van der Waals surface area contributed by atoms with E-state index in [-0.39, 0.29) is 18.1 Å². The van der Waals surface area contributed by atoms with Crippen molar-refractivity contribution in [1.29, 1.82) is 0 Å². The van der Waals surface area contributed by atoms with Crippen LogP contribution in [0, 0.1) is 0 Å². The molecular formula is C19H29NO5. The zero-order chi connectivity index (χ0) is 18.9. The summed E-state index contributed by atoms with van der Waals surface area (Å²) in [7, 11) is 3.01.